The molecular weight excluding hydrogens is 281 g/mol. The fourth-order valence-corrected chi connectivity index (χ4v) is 1.75. The Morgan fingerprint density at radius 3 is 2.71 bits per heavy atom. The lowest BCUT2D eigenvalue weighted by atomic mass is 10.2. The van der Waals surface area contributed by atoms with Gasteiger partial charge in [-0.25, -0.2) is 14.2 Å². The van der Waals surface area contributed by atoms with Gasteiger partial charge in [0.15, 0.2) is 0 Å². The first kappa shape index (κ1) is 14.4. The molecule has 1 aromatic heterocycles. The second kappa shape index (κ2) is 5.53. The molecule has 0 radical (unpaired) electrons. The van der Waals surface area contributed by atoms with Crippen molar-refractivity contribution in [3.05, 3.63) is 58.0 Å². The maximum atomic E-state index is 13.2. The monoisotopic (exact) mass is 291 g/mol. The molecule has 0 saturated heterocycles. The Labute approximate surface area is 118 Å². The van der Waals surface area contributed by atoms with Crippen molar-refractivity contribution in [3.8, 4) is 0 Å². The van der Waals surface area contributed by atoms with Crippen molar-refractivity contribution in [3.63, 3.8) is 0 Å². The first-order chi connectivity index (χ1) is 9.90. The van der Waals surface area contributed by atoms with E-state index in [0.717, 1.165) is 12.3 Å². The molecule has 108 valence electrons. The van der Waals surface area contributed by atoms with E-state index in [0.29, 0.717) is 5.69 Å². The molecule has 1 heterocycles. The van der Waals surface area contributed by atoms with Crippen molar-refractivity contribution in [2.24, 2.45) is 0 Å². The third kappa shape index (κ3) is 2.94. The maximum absolute atomic E-state index is 13.2. The fraction of sp³-hybridized carbons (Fsp3) is 0.0769. The van der Waals surface area contributed by atoms with Crippen LogP contribution in [-0.2, 0) is 0 Å². The number of anilines is 2. The first-order valence-electron chi connectivity index (χ1n) is 5.77. The molecule has 21 heavy (non-hydrogen) atoms. The quantitative estimate of drug-likeness (QED) is 0.687. The molecular formula is C13H10FN3O4. The summed E-state index contributed by atoms with van der Waals surface area (Å²) in [6, 6.07) is 6.68. The van der Waals surface area contributed by atoms with Gasteiger partial charge in [-0.15, -0.1) is 0 Å². The summed E-state index contributed by atoms with van der Waals surface area (Å²) < 4.78 is 13.2. The van der Waals surface area contributed by atoms with Crippen molar-refractivity contribution >= 4 is 23.2 Å². The molecule has 0 atom stereocenters. The molecule has 0 bridgehead atoms. The van der Waals surface area contributed by atoms with Gasteiger partial charge < -0.3 is 10.0 Å². The number of pyridine rings is 1. The molecule has 8 heteroatoms. The number of hydrogen-bond donors (Lipinski definition) is 1. The summed E-state index contributed by atoms with van der Waals surface area (Å²) >= 11 is 0. The van der Waals surface area contributed by atoms with E-state index in [1.807, 2.05) is 0 Å². The summed E-state index contributed by atoms with van der Waals surface area (Å²) in [6.45, 7) is 0. The van der Waals surface area contributed by atoms with E-state index < -0.39 is 28.0 Å². The van der Waals surface area contributed by atoms with Crippen LogP contribution in [-0.4, -0.2) is 28.0 Å². The first-order valence-corrected chi connectivity index (χ1v) is 5.77. The van der Waals surface area contributed by atoms with Crippen molar-refractivity contribution in [2.75, 3.05) is 11.9 Å². The van der Waals surface area contributed by atoms with Gasteiger partial charge in [-0.3, -0.25) is 10.1 Å². The number of rotatable bonds is 4. The number of halogens is 1. The average molecular weight is 291 g/mol. The van der Waals surface area contributed by atoms with Gasteiger partial charge in [0.1, 0.15) is 23.4 Å². The Morgan fingerprint density at radius 1 is 1.43 bits per heavy atom. The third-order valence-corrected chi connectivity index (χ3v) is 2.83. The van der Waals surface area contributed by atoms with Crippen molar-refractivity contribution in [1.82, 2.24) is 4.98 Å². The van der Waals surface area contributed by atoms with Gasteiger partial charge >= 0.3 is 11.7 Å². The summed E-state index contributed by atoms with van der Waals surface area (Å²) in [5, 5.41) is 19.8. The van der Waals surface area contributed by atoms with Gasteiger partial charge in [-0.05, 0) is 18.2 Å². The van der Waals surface area contributed by atoms with Crippen LogP contribution in [0.5, 0.6) is 0 Å². The lowest BCUT2D eigenvalue weighted by Gasteiger charge is -2.18. The molecule has 0 fully saturated rings. The molecule has 0 amide bonds. The predicted molar refractivity (Wildman–Crippen MR) is 72.3 cm³/mol. The highest BCUT2D eigenvalue weighted by atomic mass is 19.1. The van der Waals surface area contributed by atoms with Gasteiger partial charge in [-0.1, -0.05) is 6.07 Å². The van der Waals surface area contributed by atoms with E-state index in [1.54, 1.807) is 13.1 Å². The third-order valence-electron chi connectivity index (χ3n) is 2.83. The fourth-order valence-electron chi connectivity index (χ4n) is 1.75. The predicted octanol–water partition coefficient (Wildman–Crippen LogP) is 2.60. The molecule has 0 unspecified atom stereocenters. The zero-order valence-electron chi connectivity index (χ0n) is 10.9. The summed E-state index contributed by atoms with van der Waals surface area (Å²) in [5.41, 5.74) is -0.639. The average Bonchev–Trinajstić information content (AvgIpc) is 2.45. The zero-order valence-corrected chi connectivity index (χ0v) is 10.9. The van der Waals surface area contributed by atoms with Gasteiger partial charge in [-0.2, -0.15) is 0 Å². The second-order valence-electron chi connectivity index (χ2n) is 4.16. The van der Waals surface area contributed by atoms with Crippen LogP contribution in [0.1, 0.15) is 10.4 Å². The molecule has 1 aromatic carbocycles. The number of carboxylic acids is 1. The van der Waals surface area contributed by atoms with Gasteiger partial charge in [0.2, 0.25) is 0 Å². The minimum absolute atomic E-state index is 0.156. The summed E-state index contributed by atoms with van der Waals surface area (Å²) in [4.78, 5) is 26.3. The number of carbonyl (C=O) groups is 1. The number of carboxylic acid groups (broad SMARTS) is 1. The van der Waals surface area contributed by atoms with Crippen LogP contribution in [0.3, 0.4) is 0 Å². The Hall–Kier alpha value is -3.03. The highest BCUT2D eigenvalue weighted by Crippen LogP contribution is 2.26. The maximum Gasteiger partial charge on any atom is 0.342 e. The standard InChI is InChI=1S/C13H10FN3O4/c1-16(9-4-2-3-8(14)5-9)12-6-10(13(18)19)11(7-15-12)17(20)21/h2-7H,1H3,(H,18,19). The van der Waals surface area contributed by atoms with Gasteiger partial charge in [0.05, 0.1) is 4.92 Å². The van der Waals surface area contributed by atoms with E-state index in [2.05, 4.69) is 4.98 Å². The van der Waals surface area contributed by atoms with Crippen LogP contribution in [0.25, 0.3) is 0 Å². The largest absolute Gasteiger partial charge is 0.477 e. The molecule has 0 aliphatic heterocycles. The van der Waals surface area contributed by atoms with Gasteiger partial charge in [0, 0.05) is 18.8 Å². The Morgan fingerprint density at radius 2 is 2.14 bits per heavy atom. The van der Waals surface area contributed by atoms with Crippen molar-refractivity contribution < 1.29 is 19.2 Å². The molecule has 0 spiro atoms. The van der Waals surface area contributed by atoms with Crippen LogP contribution in [0.4, 0.5) is 21.6 Å². The summed E-state index contributed by atoms with van der Waals surface area (Å²) in [7, 11) is 1.55. The molecule has 0 aliphatic carbocycles. The molecule has 2 aromatic rings. The van der Waals surface area contributed by atoms with Crippen LogP contribution >= 0.6 is 0 Å². The van der Waals surface area contributed by atoms with E-state index in [9.17, 15) is 19.3 Å². The van der Waals surface area contributed by atoms with Crippen LogP contribution < -0.4 is 4.90 Å². The summed E-state index contributed by atoms with van der Waals surface area (Å²) in [5.74, 6) is -1.73. The lowest BCUT2D eigenvalue weighted by molar-refractivity contribution is -0.385. The highest BCUT2D eigenvalue weighted by Gasteiger charge is 2.22. The van der Waals surface area contributed by atoms with Crippen LogP contribution in [0.2, 0.25) is 0 Å². The lowest BCUT2D eigenvalue weighted by Crippen LogP contribution is -2.13. The number of hydrogen-bond acceptors (Lipinski definition) is 5. The van der Waals surface area contributed by atoms with Gasteiger partial charge in [0.25, 0.3) is 0 Å². The molecule has 7 nitrogen and oxygen atoms in total. The van der Waals surface area contributed by atoms with E-state index in [4.69, 9.17) is 5.11 Å². The molecule has 2 rings (SSSR count). The summed E-state index contributed by atoms with van der Waals surface area (Å²) in [6.07, 6.45) is 0.870. The SMILES string of the molecule is CN(c1cccc(F)c1)c1cc(C(=O)O)c([N+](=O)[O-])cn1. The number of benzene rings is 1. The number of nitrogens with zero attached hydrogens (tertiary/aromatic N) is 3. The minimum atomic E-state index is -1.43. The smallest absolute Gasteiger partial charge is 0.342 e. The van der Waals surface area contributed by atoms with E-state index in [-0.39, 0.29) is 5.82 Å². The zero-order chi connectivity index (χ0) is 15.6. The number of aromatic nitrogens is 1. The van der Waals surface area contributed by atoms with Crippen LogP contribution in [0, 0.1) is 15.9 Å². The Balaban J connectivity index is 2.47. The van der Waals surface area contributed by atoms with Crippen molar-refractivity contribution in [1.29, 1.82) is 0 Å². The molecule has 1 N–H and O–H groups in total. The molecule has 0 aliphatic rings. The topological polar surface area (TPSA) is 96.6 Å². The molecule has 0 saturated carbocycles. The Bertz CT molecular complexity index is 720. The minimum Gasteiger partial charge on any atom is -0.477 e. The van der Waals surface area contributed by atoms with Crippen LogP contribution in [0.15, 0.2) is 36.5 Å². The Kier molecular flexibility index (Phi) is 3.79. The highest BCUT2D eigenvalue weighted by molar-refractivity contribution is 5.93. The van der Waals surface area contributed by atoms with Crippen molar-refractivity contribution in [2.45, 2.75) is 0 Å². The van der Waals surface area contributed by atoms with E-state index in [1.165, 1.54) is 23.1 Å². The number of nitro groups is 1. The second-order valence-corrected chi connectivity index (χ2v) is 4.16. The van der Waals surface area contributed by atoms with E-state index >= 15 is 0 Å². The normalized spacial score (nSPS) is 10.2. The number of aromatic carboxylic acids is 1.